The van der Waals surface area contributed by atoms with Gasteiger partial charge in [0, 0.05) is 0 Å². The quantitative estimate of drug-likeness (QED) is 0.290. The molecule has 0 aromatic carbocycles. The van der Waals surface area contributed by atoms with Crippen molar-refractivity contribution in [3.05, 3.63) is 0 Å². The molecule has 1 rings (SSSR count). The SMILES string of the molecule is OCC1O[C@@H](O)[C@@H](O)[C@@H](O)[C@H]1O. The van der Waals surface area contributed by atoms with Crippen molar-refractivity contribution in [2.24, 2.45) is 0 Å². The fourth-order valence-corrected chi connectivity index (χ4v) is 1.08. The van der Waals surface area contributed by atoms with Crippen LogP contribution in [0.3, 0.4) is 0 Å². The van der Waals surface area contributed by atoms with Crippen molar-refractivity contribution in [3.8, 4) is 0 Å². The van der Waals surface area contributed by atoms with Gasteiger partial charge in [-0.1, -0.05) is 0 Å². The highest BCUT2D eigenvalue weighted by molar-refractivity contribution is 4.87. The first-order valence-corrected chi connectivity index (χ1v) is 3.56. The Morgan fingerprint density at radius 1 is 0.917 bits per heavy atom. The topological polar surface area (TPSA) is 110 Å². The molecule has 12 heavy (non-hydrogen) atoms. The zero-order valence-corrected chi connectivity index (χ0v) is 6.24. The maximum Gasteiger partial charge on any atom is 0.184 e. The third-order valence-electron chi connectivity index (χ3n) is 1.87. The minimum absolute atomic E-state index is 0.526. The van der Waals surface area contributed by atoms with Crippen LogP contribution in [0.15, 0.2) is 0 Å². The molecule has 1 aliphatic heterocycles. The van der Waals surface area contributed by atoms with Crippen LogP contribution in [0, 0.1) is 0 Å². The lowest BCUT2D eigenvalue weighted by Gasteiger charge is -2.37. The lowest BCUT2D eigenvalue weighted by Crippen LogP contribution is -2.58. The molecule has 0 bridgehead atoms. The van der Waals surface area contributed by atoms with E-state index in [0.29, 0.717) is 0 Å². The minimum atomic E-state index is -1.57. The van der Waals surface area contributed by atoms with E-state index in [-0.39, 0.29) is 0 Å². The third kappa shape index (κ3) is 1.58. The fraction of sp³-hybridized carbons (Fsp3) is 1.00. The fourth-order valence-electron chi connectivity index (χ4n) is 1.08. The Hall–Kier alpha value is -0.240. The van der Waals surface area contributed by atoms with Gasteiger partial charge < -0.3 is 30.3 Å². The van der Waals surface area contributed by atoms with Crippen LogP contribution in [0.25, 0.3) is 0 Å². The van der Waals surface area contributed by atoms with Crippen LogP contribution in [0.5, 0.6) is 0 Å². The Bertz CT molecular complexity index is 146. The van der Waals surface area contributed by atoms with Crippen LogP contribution in [-0.2, 0) is 4.74 Å². The van der Waals surface area contributed by atoms with Gasteiger partial charge in [-0.05, 0) is 0 Å². The van der Waals surface area contributed by atoms with Gasteiger partial charge in [0.05, 0.1) is 6.61 Å². The second-order valence-corrected chi connectivity index (χ2v) is 2.72. The van der Waals surface area contributed by atoms with Gasteiger partial charge in [0.15, 0.2) is 6.29 Å². The lowest BCUT2D eigenvalue weighted by atomic mass is 10.00. The highest BCUT2D eigenvalue weighted by atomic mass is 16.6. The molecule has 1 fully saturated rings. The molecule has 5 atom stereocenters. The molecule has 0 spiro atoms. The molecule has 0 radical (unpaired) electrons. The highest BCUT2D eigenvalue weighted by Gasteiger charge is 2.42. The maximum atomic E-state index is 9.12. The van der Waals surface area contributed by atoms with Crippen LogP contribution < -0.4 is 0 Å². The van der Waals surface area contributed by atoms with Gasteiger partial charge in [0.25, 0.3) is 0 Å². The van der Waals surface area contributed by atoms with Crippen LogP contribution >= 0.6 is 0 Å². The Morgan fingerprint density at radius 2 is 1.50 bits per heavy atom. The number of hydrogen-bond donors (Lipinski definition) is 5. The van der Waals surface area contributed by atoms with Crippen LogP contribution in [0.1, 0.15) is 0 Å². The van der Waals surface area contributed by atoms with Gasteiger partial charge in [0.1, 0.15) is 24.4 Å². The zero-order valence-electron chi connectivity index (χ0n) is 6.24. The van der Waals surface area contributed by atoms with Crippen LogP contribution in [0.4, 0.5) is 0 Å². The summed E-state index contributed by atoms with van der Waals surface area (Å²) in [6.45, 7) is -0.526. The molecule has 0 amide bonds. The second kappa shape index (κ2) is 3.65. The minimum Gasteiger partial charge on any atom is -0.394 e. The third-order valence-corrected chi connectivity index (χ3v) is 1.87. The van der Waals surface area contributed by atoms with E-state index in [1.54, 1.807) is 0 Å². The molecule has 5 N–H and O–H groups in total. The predicted molar refractivity (Wildman–Crippen MR) is 36.0 cm³/mol. The Balaban J connectivity index is 2.63. The number of hydrogen-bond acceptors (Lipinski definition) is 6. The van der Waals surface area contributed by atoms with Crippen molar-refractivity contribution >= 4 is 0 Å². The van der Waals surface area contributed by atoms with Crippen molar-refractivity contribution in [1.82, 2.24) is 0 Å². The summed E-state index contributed by atoms with van der Waals surface area (Å²) in [5, 5.41) is 44.7. The molecule has 6 heteroatoms. The number of aliphatic hydroxyl groups is 5. The van der Waals surface area contributed by atoms with Crippen LogP contribution in [0.2, 0.25) is 0 Å². The summed E-state index contributed by atoms with van der Waals surface area (Å²) in [6.07, 6.45) is -7.04. The first-order valence-electron chi connectivity index (χ1n) is 3.56. The van der Waals surface area contributed by atoms with E-state index in [4.69, 9.17) is 25.5 Å². The molecule has 1 unspecified atom stereocenters. The highest BCUT2D eigenvalue weighted by Crippen LogP contribution is 2.18. The summed E-state index contributed by atoms with van der Waals surface area (Å²) in [5.41, 5.74) is 0. The second-order valence-electron chi connectivity index (χ2n) is 2.72. The molecule has 1 saturated heterocycles. The van der Waals surface area contributed by atoms with Crippen molar-refractivity contribution in [3.63, 3.8) is 0 Å². The van der Waals surface area contributed by atoms with E-state index < -0.39 is 37.3 Å². The van der Waals surface area contributed by atoms with Gasteiger partial charge in [-0.2, -0.15) is 0 Å². The molecule has 0 aromatic heterocycles. The summed E-state index contributed by atoms with van der Waals surface area (Å²) in [4.78, 5) is 0. The molecule has 0 aromatic rings. The van der Waals surface area contributed by atoms with E-state index in [2.05, 4.69) is 4.74 Å². The summed E-state index contributed by atoms with van der Waals surface area (Å²) in [7, 11) is 0. The summed E-state index contributed by atoms with van der Waals surface area (Å²) >= 11 is 0. The molecule has 1 aliphatic rings. The van der Waals surface area contributed by atoms with Crippen molar-refractivity contribution in [2.45, 2.75) is 30.7 Å². The van der Waals surface area contributed by atoms with E-state index in [9.17, 15) is 0 Å². The van der Waals surface area contributed by atoms with Gasteiger partial charge in [-0.3, -0.25) is 0 Å². The molecular formula is C6H12O6. The van der Waals surface area contributed by atoms with Gasteiger partial charge in [-0.15, -0.1) is 0 Å². The van der Waals surface area contributed by atoms with Crippen LogP contribution in [-0.4, -0.2) is 62.8 Å². The first kappa shape index (κ1) is 9.85. The number of ether oxygens (including phenoxy) is 1. The van der Waals surface area contributed by atoms with Crippen molar-refractivity contribution in [2.75, 3.05) is 6.61 Å². The molecule has 0 saturated carbocycles. The zero-order chi connectivity index (χ0) is 9.30. The average Bonchev–Trinajstić information content (AvgIpc) is 2.08. The van der Waals surface area contributed by atoms with E-state index in [1.807, 2.05) is 0 Å². The van der Waals surface area contributed by atoms with Gasteiger partial charge >= 0.3 is 0 Å². The summed E-state index contributed by atoms with van der Waals surface area (Å²) in [5.74, 6) is 0. The number of aliphatic hydroxyl groups excluding tert-OH is 5. The van der Waals surface area contributed by atoms with Crippen molar-refractivity contribution < 1.29 is 30.3 Å². The average molecular weight is 180 g/mol. The standard InChI is InChI=1S/C6H12O6/c7-1-2-3(8)4(9)5(10)6(11)12-2/h2-11H,1H2/t2?,3-,4-,5-,6+/m0/s1. The Kier molecular flexibility index (Phi) is 2.99. The molecule has 1 heterocycles. The van der Waals surface area contributed by atoms with Gasteiger partial charge in [0.2, 0.25) is 0 Å². The molecule has 0 aliphatic carbocycles. The predicted octanol–water partition coefficient (Wildman–Crippen LogP) is -3.22. The molecule has 72 valence electrons. The smallest absolute Gasteiger partial charge is 0.184 e. The van der Waals surface area contributed by atoms with E-state index >= 15 is 0 Å². The Labute approximate surface area is 68.6 Å². The normalized spacial score (nSPS) is 49.2. The first-order chi connectivity index (χ1) is 5.57. The molecule has 6 nitrogen and oxygen atoms in total. The Morgan fingerprint density at radius 3 is 2.00 bits per heavy atom. The van der Waals surface area contributed by atoms with E-state index in [0.717, 1.165) is 0 Å². The summed E-state index contributed by atoms with van der Waals surface area (Å²) < 4.78 is 4.58. The summed E-state index contributed by atoms with van der Waals surface area (Å²) in [6, 6.07) is 0. The largest absolute Gasteiger partial charge is 0.394 e. The van der Waals surface area contributed by atoms with E-state index in [1.165, 1.54) is 0 Å². The lowest BCUT2D eigenvalue weighted by molar-refractivity contribution is -0.286. The molecular weight excluding hydrogens is 168 g/mol. The van der Waals surface area contributed by atoms with Gasteiger partial charge in [-0.25, -0.2) is 0 Å². The monoisotopic (exact) mass is 180 g/mol. The maximum absolute atomic E-state index is 9.12. The number of rotatable bonds is 1. The van der Waals surface area contributed by atoms with Crippen molar-refractivity contribution in [1.29, 1.82) is 0 Å².